The molecule has 6 heteroatoms. The van der Waals surface area contributed by atoms with Crippen LogP contribution in [0.5, 0.6) is 5.88 Å². The SMILES string of the molecule is COc1ccc2nc(-c3ccc(C)c(NC(=O)Cc4ccccc4)c3)cn2n1. The van der Waals surface area contributed by atoms with Crippen LogP contribution in [0.15, 0.2) is 66.9 Å². The molecule has 0 bridgehead atoms. The van der Waals surface area contributed by atoms with E-state index >= 15 is 0 Å². The lowest BCUT2D eigenvalue weighted by Gasteiger charge is -2.10. The Morgan fingerprint density at radius 1 is 1.11 bits per heavy atom. The molecule has 0 unspecified atom stereocenters. The minimum absolute atomic E-state index is 0.0483. The molecule has 0 atom stereocenters. The van der Waals surface area contributed by atoms with Crippen molar-refractivity contribution in [3.8, 4) is 17.1 Å². The van der Waals surface area contributed by atoms with Gasteiger partial charge in [0.15, 0.2) is 5.65 Å². The Bertz CT molecular complexity index is 1140. The number of carbonyl (C=O) groups excluding carboxylic acids is 1. The van der Waals surface area contributed by atoms with E-state index in [1.165, 1.54) is 0 Å². The fourth-order valence-electron chi connectivity index (χ4n) is 3.00. The first kappa shape index (κ1) is 17.7. The summed E-state index contributed by atoms with van der Waals surface area (Å²) in [5.74, 6) is 0.474. The maximum atomic E-state index is 12.4. The highest BCUT2D eigenvalue weighted by Gasteiger charge is 2.11. The molecule has 0 saturated carbocycles. The van der Waals surface area contributed by atoms with Crippen molar-refractivity contribution in [3.05, 3.63) is 78.0 Å². The lowest BCUT2D eigenvalue weighted by Crippen LogP contribution is -2.15. The zero-order chi connectivity index (χ0) is 19.5. The number of hydrogen-bond donors (Lipinski definition) is 1. The van der Waals surface area contributed by atoms with Gasteiger partial charge < -0.3 is 10.1 Å². The van der Waals surface area contributed by atoms with Gasteiger partial charge in [0.05, 0.1) is 25.4 Å². The molecule has 1 N–H and O–H groups in total. The Morgan fingerprint density at radius 2 is 1.93 bits per heavy atom. The van der Waals surface area contributed by atoms with Crippen LogP contribution in [-0.2, 0) is 11.2 Å². The van der Waals surface area contributed by atoms with Gasteiger partial charge in [-0.25, -0.2) is 9.50 Å². The second-order valence-corrected chi connectivity index (χ2v) is 6.54. The number of aromatic nitrogens is 3. The van der Waals surface area contributed by atoms with Gasteiger partial charge in [0.2, 0.25) is 11.8 Å². The summed E-state index contributed by atoms with van der Waals surface area (Å²) in [4.78, 5) is 17.0. The molecule has 2 aromatic heterocycles. The van der Waals surface area contributed by atoms with Gasteiger partial charge in [-0.1, -0.05) is 42.5 Å². The molecule has 0 saturated heterocycles. The molecule has 0 aliphatic heterocycles. The number of anilines is 1. The number of rotatable bonds is 5. The van der Waals surface area contributed by atoms with Crippen molar-refractivity contribution in [3.63, 3.8) is 0 Å². The van der Waals surface area contributed by atoms with Gasteiger partial charge in [0.25, 0.3) is 0 Å². The topological polar surface area (TPSA) is 68.5 Å². The molecule has 0 fully saturated rings. The molecule has 1 amide bonds. The summed E-state index contributed by atoms with van der Waals surface area (Å²) in [7, 11) is 1.58. The van der Waals surface area contributed by atoms with E-state index in [0.29, 0.717) is 12.3 Å². The number of nitrogens with one attached hydrogen (secondary N) is 1. The molecule has 2 heterocycles. The van der Waals surface area contributed by atoms with Crippen LogP contribution >= 0.6 is 0 Å². The quantitative estimate of drug-likeness (QED) is 0.577. The molecule has 6 nitrogen and oxygen atoms in total. The maximum absolute atomic E-state index is 12.4. The largest absolute Gasteiger partial charge is 0.480 e. The first-order valence-electron chi connectivity index (χ1n) is 8.97. The van der Waals surface area contributed by atoms with Crippen LogP contribution < -0.4 is 10.1 Å². The first-order valence-corrected chi connectivity index (χ1v) is 8.97. The van der Waals surface area contributed by atoms with Crippen molar-refractivity contribution >= 4 is 17.2 Å². The standard InChI is InChI=1S/C22H20N4O2/c1-15-8-9-17(19-14-26-20(23-19)10-11-22(25-26)28-2)13-18(15)24-21(27)12-16-6-4-3-5-7-16/h3-11,13-14H,12H2,1-2H3,(H,24,27). The number of carbonyl (C=O) groups is 1. The zero-order valence-corrected chi connectivity index (χ0v) is 15.7. The summed E-state index contributed by atoms with van der Waals surface area (Å²) >= 11 is 0. The summed E-state index contributed by atoms with van der Waals surface area (Å²) in [6, 6.07) is 19.2. The molecule has 4 aromatic rings. The second kappa shape index (κ2) is 7.52. The maximum Gasteiger partial charge on any atom is 0.231 e. The predicted molar refractivity (Wildman–Crippen MR) is 108 cm³/mol. The van der Waals surface area contributed by atoms with Crippen LogP contribution in [0.2, 0.25) is 0 Å². The van der Waals surface area contributed by atoms with E-state index in [0.717, 1.165) is 33.7 Å². The van der Waals surface area contributed by atoms with Crippen molar-refractivity contribution < 1.29 is 9.53 Å². The monoisotopic (exact) mass is 372 g/mol. The molecule has 2 aromatic carbocycles. The van der Waals surface area contributed by atoms with E-state index in [-0.39, 0.29) is 5.91 Å². The highest BCUT2D eigenvalue weighted by Crippen LogP contribution is 2.25. The Balaban J connectivity index is 1.59. The van der Waals surface area contributed by atoms with Crippen molar-refractivity contribution in [2.75, 3.05) is 12.4 Å². The number of aryl methyl sites for hydroxylation is 1. The molecular weight excluding hydrogens is 352 g/mol. The second-order valence-electron chi connectivity index (χ2n) is 6.54. The van der Waals surface area contributed by atoms with Crippen molar-refractivity contribution in [1.82, 2.24) is 14.6 Å². The minimum atomic E-state index is -0.0483. The van der Waals surface area contributed by atoms with E-state index in [1.54, 1.807) is 17.7 Å². The third-order valence-electron chi connectivity index (χ3n) is 4.52. The molecule has 0 radical (unpaired) electrons. The number of fused-ring (bicyclic) bond motifs is 1. The zero-order valence-electron chi connectivity index (χ0n) is 15.7. The summed E-state index contributed by atoms with van der Waals surface area (Å²) in [5.41, 5.74) is 5.17. The van der Waals surface area contributed by atoms with Crippen molar-refractivity contribution in [1.29, 1.82) is 0 Å². The van der Waals surface area contributed by atoms with Gasteiger partial charge in [-0.05, 0) is 30.2 Å². The van der Waals surface area contributed by atoms with Crippen LogP contribution in [-0.4, -0.2) is 27.6 Å². The molecule has 0 aliphatic rings. The molecule has 140 valence electrons. The number of ether oxygens (including phenoxy) is 1. The summed E-state index contributed by atoms with van der Waals surface area (Å²) in [6.07, 6.45) is 2.18. The van der Waals surface area contributed by atoms with Gasteiger partial charge in [0, 0.05) is 17.3 Å². The fourth-order valence-corrected chi connectivity index (χ4v) is 3.00. The van der Waals surface area contributed by atoms with E-state index < -0.39 is 0 Å². The number of hydrogen-bond acceptors (Lipinski definition) is 4. The highest BCUT2D eigenvalue weighted by atomic mass is 16.5. The Morgan fingerprint density at radius 3 is 2.71 bits per heavy atom. The average molecular weight is 372 g/mol. The third kappa shape index (κ3) is 3.71. The molecular formula is C22H20N4O2. The van der Waals surface area contributed by atoms with Crippen LogP contribution in [0.25, 0.3) is 16.9 Å². The number of amides is 1. The summed E-state index contributed by atoms with van der Waals surface area (Å²) < 4.78 is 6.84. The summed E-state index contributed by atoms with van der Waals surface area (Å²) in [5, 5.41) is 7.35. The van der Waals surface area contributed by atoms with Gasteiger partial charge in [-0.15, -0.1) is 5.10 Å². The average Bonchev–Trinajstić information content (AvgIpc) is 3.13. The van der Waals surface area contributed by atoms with E-state index in [2.05, 4.69) is 15.4 Å². The number of benzene rings is 2. The van der Waals surface area contributed by atoms with Crippen LogP contribution in [0.3, 0.4) is 0 Å². The van der Waals surface area contributed by atoms with E-state index in [1.807, 2.05) is 67.7 Å². The van der Waals surface area contributed by atoms with Crippen molar-refractivity contribution in [2.45, 2.75) is 13.3 Å². The first-order chi connectivity index (χ1) is 13.6. The molecule has 0 spiro atoms. The Hall–Kier alpha value is -3.67. The van der Waals surface area contributed by atoms with Crippen LogP contribution in [0.1, 0.15) is 11.1 Å². The number of imidazole rings is 1. The van der Waals surface area contributed by atoms with Crippen LogP contribution in [0, 0.1) is 6.92 Å². The third-order valence-corrected chi connectivity index (χ3v) is 4.52. The summed E-state index contributed by atoms with van der Waals surface area (Å²) in [6.45, 7) is 1.97. The molecule has 0 aliphatic carbocycles. The number of methoxy groups -OCH3 is 1. The van der Waals surface area contributed by atoms with Crippen molar-refractivity contribution in [2.24, 2.45) is 0 Å². The van der Waals surface area contributed by atoms with Gasteiger partial charge in [-0.3, -0.25) is 4.79 Å². The van der Waals surface area contributed by atoms with Crippen LogP contribution in [0.4, 0.5) is 5.69 Å². The van der Waals surface area contributed by atoms with Gasteiger partial charge in [0.1, 0.15) is 0 Å². The Kier molecular flexibility index (Phi) is 4.76. The van der Waals surface area contributed by atoms with Gasteiger partial charge >= 0.3 is 0 Å². The molecule has 4 rings (SSSR count). The Labute approximate surface area is 162 Å². The molecule has 28 heavy (non-hydrogen) atoms. The minimum Gasteiger partial charge on any atom is -0.480 e. The van der Waals surface area contributed by atoms with Gasteiger partial charge in [-0.2, -0.15) is 0 Å². The highest BCUT2D eigenvalue weighted by molar-refractivity contribution is 5.93. The lowest BCUT2D eigenvalue weighted by atomic mass is 10.1. The van der Waals surface area contributed by atoms with E-state index in [9.17, 15) is 4.79 Å². The smallest absolute Gasteiger partial charge is 0.231 e. The number of nitrogens with zero attached hydrogens (tertiary/aromatic N) is 3. The fraction of sp³-hybridized carbons (Fsp3) is 0.136. The lowest BCUT2D eigenvalue weighted by molar-refractivity contribution is -0.115. The van der Waals surface area contributed by atoms with E-state index in [4.69, 9.17) is 4.74 Å². The predicted octanol–water partition coefficient (Wildman–Crippen LogP) is 3.89. The normalized spacial score (nSPS) is 10.8.